The fraction of sp³-hybridized carbons (Fsp3) is 0.346. The zero-order valence-corrected chi connectivity index (χ0v) is 19.7. The van der Waals surface area contributed by atoms with Gasteiger partial charge in [0.25, 0.3) is 6.43 Å². The molecule has 3 aromatic heterocycles. The third-order valence-electron chi connectivity index (χ3n) is 6.42. The van der Waals surface area contributed by atoms with Crippen molar-refractivity contribution in [2.45, 2.75) is 33.4 Å². The molecule has 9 heteroatoms. The smallest absolute Gasteiger partial charge is 0.264 e. The molecular weight excluding hydrogens is 452 g/mol. The fourth-order valence-electron chi connectivity index (χ4n) is 4.67. The molecule has 1 fully saturated rings. The molecule has 7 nitrogen and oxygen atoms in total. The summed E-state index contributed by atoms with van der Waals surface area (Å²) in [5.41, 5.74) is 3.30. The first-order valence-corrected chi connectivity index (χ1v) is 11.6. The molecule has 1 aliphatic rings. The van der Waals surface area contributed by atoms with E-state index >= 15 is 0 Å². The predicted octanol–water partition coefficient (Wildman–Crippen LogP) is 4.59. The number of halogens is 2. The third kappa shape index (κ3) is 4.81. The maximum atomic E-state index is 13.9. The van der Waals surface area contributed by atoms with Crippen LogP contribution in [0.25, 0.3) is 22.5 Å². The Hall–Kier alpha value is -3.59. The Morgan fingerprint density at radius 3 is 2.57 bits per heavy atom. The Balaban J connectivity index is 1.33. The third-order valence-corrected chi connectivity index (χ3v) is 6.42. The van der Waals surface area contributed by atoms with Crippen molar-refractivity contribution in [2.24, 2.45) is 0 Å². The van der Waals surface area contributed by atoms with Crippen LogP contribution in [0.4, 0.5) is 8.78 Å². The molecule has 4 heterocycles. The first kappa shape index (κ1) is 23.2. The van der Waals surface area contributed by atoms with Crippen LogP contribution in [0, 0.1) is 13.8 Å². The highest BCUT2D eigenvalue weighted by molar-refractivity contribution is 5.86. The van der Waals surface area contributed by atoms with Crippen molar-refractivity contribution in [3.63, 3.8) is 0 Å². The van der Waals surface area contributed by atoms with Gasteiger partial charge in [-0.05, 0) is 37.6 Å². The van der Waals surface area contributed by atoms with E-state index in [0.29, 0.717) is 24.5 Å². The van der Waals surface area contributed by atoms with Gasteiger partial charge in [0.05, 0.1) is 17.3 Å². The number of carbonyl (C=O) groups is 1. The summed E-state index contributed by atoms with van der Waals surface area (Å²) >= 11 is 0. The van der Waals surface area contributed by atoms with Gasteiger partial charge in [-0.15, -0.1) is 0 Å². The highest BCUT2D eigenvalue weighted by Gasteiger charge is 2.25. The van der Waals surface area contributed by atoms with Gasteiger partial charge in [0.15, 0.2) is 11.4 Å². The molecular formula is C26H27F2N5O2. The van der Waals surface area contributed by atoms with Gasteiger partial charge in [0.1, 0.15) is 12.2 Å². The summed E-state index contributed by atoms with van der Waals surface area (Å²) in [6.07, 6.45) is -1.24. The van der Waals surface area contributed by atoms with Gasteiger partial charge in [-0.3, -0.25) is 9.69 Å². The number of alkyl halides is 2. The molecule has 0 N–H and O–H groups in total. The van der Waals surface area contributed by atoms with Gasteiger partial charge in [-0.25, -0.2) is 18.4 Å². The second-order valence-electron chi connectivity index (χ2n) is 8.96. The van der Waals surface area contributed by atoms with Crippen molar-refractivity contribution in [3.8, 4) is 11.5 Å². The van der Waals surface area contributed by atoms with Crippen LogP contribution in [0.5, 0.6) is 0 Å². The lowest BCUT2D eigenvalue weighted by molar-refractivity contribution is -0.133. The number of furan rings is 1. The molecule has 0 unspecified atom stereocenters. The Kier molecular flexibility index (Phi) is 6.34. The lowest BCUT2D eigenvalue weighted by Gasteiger charge is -2.34. The normalized spacial score (nSPS) is 14.8. The largest absolute Gasteiger partial charge is 0.463 e. The van der Waals surface area contributed by atoms with E-state index in [1.807, 2.05) is 0 Å². The van der Waals surface area contributed by atoms with Crippen molar-refractivity contribution in [2.75, 3.05) is 26.2 Å². The number of piperazine rings is 1. The van der Waals surface area contributed by atoms with Crippen LogP contribution >= 0.6 is 0 Å². The van der Waals surface area contributed by atoms with Crippen LogP contribution in [-0.4, -0.2) is 56.7 Å². The summed E-state index contributed by atoms with van der Waals surface area (Å²) in [5, 5.41) is 4.68. The molecule has 182 valence electrons. The number of hydrogen-bond acceptors (Lipinski definition) is 5. The topological polar surface area (TPSA) is 67.4 Å². The van der Waals surface area contributed by atoms with Gasteiger partial charge < -0.3 is 9.32 Å². The minimum atomic E-state index is -2.71. The summed E-state index contributed by atoms with van der Waals surface area (Å²) in [6.45, 7) is 7.30. The van der Waals surface area contributed by atoms with E-state index in [0.717, 1.165) is 19.6 Å². The summed E-state index contributed by atoms with van der Waals surface area (Å²) in [7, 11) is 0. The SMILES string of the molecule is Cc1cccc(CN2CCN(C(=O)Cn3nc(C)c4c(C(F)F)cc(-c5ccco5)nc43)CC2)c1. The van der Waals surface area contributed by atoms with Gasteiger partial charge in [-0.2, -0.15) is 5.10 Å². The number of aromatic nitrogens is 3. The zero-order valence-electron chi connectivity index (χ0n) is 19.7. The standard InChI is InChI=1S/C26H27F2N5O2/c1-17-5-3-6-19(13-17)15-31-8-10-32(11-9-31)23(34)16-33-26-24(18(2)30-33)20(25(27)28)14-21(29-26)22-7-4-12-35-22/h3-7,12-14,25H,8-11,15-16H2,1-2H3. The quantitative estimate of drug-likeness (QED) is 0.405. The number of pyridine rings is 1. The molecule has 0 bridgehead atoms. The predicted molar refractivity (Wildman–Crippen MR) is 128 cm³/mol. The molecule has 4 aromatic rings. The van der Waals surface area contributed by atoms with Crippen molar-refractivity contribution >= 4 is 16.9 Å². The number of fused-ring (bicyclic) bond motifs is 1. The monoisotopic (exact) mass is 479 g/mol. The van der Waals surface area contributed by atoms with E-state index < -0.39 is 6.43 Å². The number of carbonyl (C=O) groups excluding carboxylic acids is 1. The summed E-state index contributed by atoms with van der Waals surface area (Å²) in [4.78, 5) is 21.8. The molecule has 0 atom stereocenters. The Labute approximate surface area is 202 Å². The van der Waals surface area contributed by atoms with Gasteiger partial charge in [0, 0.05) is 38.3 Å². The van der Waals surface area contributed by atoms with Crippen molar-refractivity contribution in [1.82, 2.24) is 24.6 Å². The summed E-state index contributed by atoms with van der Waals surface area (Å²) in [5.74, 6) is 0.281. The first-order valence-electron chi connectivity index (χ1n) is 11.6. The average Bonchev–Trinajstić information content (AvgIpc) is 3.48. The number of hydrogen-bond donors (Lipinski definition) is 0. The maximum absolute atomic E-state index is 13.9. The van der Waals surface area contributed by atoms with Crippen LogP contribution in [0.1, 0.15) is 28.8 Å². The molecule has 1 aliphatic heterocycles. The van der Waals surface area contributed by atoms with Crippen LogP contribution in [0.15, 0.2) is 53.1 Å². The summed E-state index contributed by atoms with van der Waals surface area (Å²) < 4.78 is 34.6. The molecule has 0 saturated carbocycles. The average molecular weight is 480 g/mol. The number of benzene rings is 1. The summed E-state index contributed by atoms with van der Waals surface area (Å²) in [6, 6.07) is 13.1. The highest BCUT2D eigenvalue weighted by Crippen LogP contribution is 2.33. The Morgan fingerprint density at radius 2 is 1.89 bits per heavy atom. The minimum absolute atomic E-state index is 0.0560. The van der Waals surface area contributed by atoms with E-state index in [9.17, 15) is 13.6 Å². The van der Waals surface area contributed by atoms with E-state index in [-0.39, 0.29) is 34.7 Å². The first-order chi connectivity index (χ1) is 16.9. The molecule has 1 saturated heterocycles. The van der Waals surface area contributed by atoms with Crippen LogP contribution in [-0.2, 0) is 17.9 Å². The number of aryl methyl sites for hydroxylation is 2. The Morgan fingerprint density at radius 1 is 1.09 bits per heavy atom. The van der Waals surface area contributed by atoms with E-state index in [1.54, 1.807) is 24.0 Å². The highest BCUT2D eigenvalue weighted by atomic mass is 19.3. The van der Waals surface area contributed by atoms with E-state index in [1.165, 1.54) is 28.1 Å². The lowest BCUT2D eigenvalue weighted by Crippen LogP contribution is -2.49. The number of amides is 1. The van der Waals surface area contributed by atoms with Gasteiger partial charge >= 0.3 is 0 Å². The maximum Gasteiger partial charge on any atom is 0.264 e. The van der Waals surface area contributed by atoms with Crippen molar-refractivity contribution < 1.29 is 18.0 Å². The van der Waals surface area contributed by atoms with E-state index in [2.05, 4.69) is 46.2 Å². The van der Waals surface area contributed by atoms with Crippen molar-refractivity contribution in [3.05, 3.63) is 71.1 Å². The number of rotatable bonds is 6. The van der Waals surface area contributed by atoms with Gasteiger partial charge in [-0.1, -0.05) is 29.8 Å². The molecule has 0 spiro atoms. The fourth-order valence-corrected chi connectivity index (χ4v) is 4.67. The molecule has 5 rings (SSSR count). The molecule has 35 heavy (non-hydrogen) atoms. The molecule has 1 amide bonds. The Bertz CT molecular complexity index is 1340. The number of nitrogens with zero attached hydrogens (tertiary/aromatic N) is 5. The second-order valence-corrected chi connectivity index (χ2v) is 8.96. The lowest BCUT2D eigenvalue weighted by atomic mass is 10.1. The molecule has 0 radical (unpaired) electrons. The molecule has 1 aromatic carbocycles. The minimum Gasteiger partial charge on any atom is -0.463 e. The second kappa shape index (κ2) is 9.58. The van der Waals surface area contributed by atoms with Gasteiger partial charge in [0.2, 0.25) is 5.91 Å². The van der Waals surface area contributed by atoms with Crippen LogP contribution < -0.4 is 0 Å². The molecule has 0 aliphatic carbocycles. The zero-order chi connectivity index (χ0) is 24.5. The van der Waals surface area contributed by atoms with E-state index in [4.69, 9.17) is 4.42 Å². The van der Waals surface area contributed by atoms with Crippen molar-refractivity contribution in [1.29, 1.82) is 0 Å². The van der Waals surface area contributed by atoms with Crippen LogP contribution in [0.2, 0.25) is 0 Å². The van der Waals surface area contributed by atoms with Crippen LogP contribution in [0.3, 0.4) is 0 Å².